The van der Waals surface area contributed by atoms with Gasteiger partial charge in [-0.3, -0.25) is 4.68 Å². The smallest absolute Gasteiger partial charge is 0.243 e. The molecule has 0 saturated carbocycles. The lowest BCUT2D eigenvalue weighted by Crippen LogP contribution is -2.36. The minimum absolute atomic E-state index is 0.172. The van der Waals surface area contributed by atoms with E-state index in [1.165, 1.54) is 6.07 Å². The van der Waals surface area contributed by atoms with Crippen LogP contribution in [0.25, 0.3) is 0 Å². The number of anilines is 1. The monoisotopic (exact) mass is 298 g/mol. The third kappa shape index (κ3) is 3.34. The number of nitrogens with zero attached hydrogens (tertiary/aromatic N) is 2. The van der Waals surface area contributed by atoms with Crippen molar-refractivity contribution in [3.63, 3.8) is 0 Å². The van der Waals surface area contributed by atoms with Crippen LogP contribution in [0.15, 0.2) is 41.6 Å². The van der Waals surface area contributed by atoms with Gasteiger partial charge in [-0.1, -0.05) is 0 Å². The highest BCUT2D eigenvalue weighted by atomic mass is 32.2. The van der Waals surface area contributed by atoms with Gasteiger partial charge in [0.1, 0.15) is 10.7 Å². The van der Waals surface area contributed by atoms with E-state index in [4.69, 9.17) is 5.73 Å². The number of rotatable bonds is 5. The van der Waals surface area contributed by atoms with Gasteiger partial charge in [-0.15, -0.1) is 0 Å². The van der Waals surface area contributed by atoms with E-state index in [9.17, 15) is 12.8 Å². The van der Waals surface area contributed by atoms with Gasteiger partial charge in [-0.2, -0.15) is 5.10 Å². The summed E-state index contributed by atoms with van der Waals surface area (Å²) in [6.07, 6.45) is 3.31. The summed E-state index contributed by atoms with van der Waals surface area (Å²) < 4.78 is 41.8. The molecule has 0 saturated heterocycles. The van der Waals surface area contributed by atoms with Crippen LogP contribution in [0.5, 0.6) is 0 Å². The number of benzene rings is 1. The number of nitrogen functional groups attached to an aromatic ring is 1. The first kappa shape index (κ1) is 14.5. The molecule has 1 aromatic carbocycles. The molecule has 0 spiro atoms. The average molecular weight is 298 g/mol. The molecule has 0 aliphatic carbocycles. The van der Waals surface area contributed by atoms with Gasteiger partial charge in [-0.25, -0.2) is 17.5 Å². The zero-order valence-corrected chi connectivity index (χ0v) is 11.6. The summed E-state index contributed by atoms with van der Waals surface area (Å²) >= 11 is 0. The predicted molar refractivity (Wildman–Crippen MR) is 72.8 cm³/mol. The van der Waals surface area contributed by atoms with Gasteiger partial charge >= 0.3 is 0 Å². The lowest BCUT2D eigenvalue weighted by molar-refractivity contribution is 0.490. The van der Waals surface area contributed by atoms with E-state index in [-0.39, 0.29) is 5.69 Å². The first-order chi connectivity index (χ1) is 9.38. The Morgan fingerprint density at radius 1 is 1.50 bits per heavy atom. The molecule has 8 heteroatoms. The van der Waals surface area contributed by atoms with Crippen LogP contribution in [-0.2, 0) is 16.6 Å². The van der Waals surface area contributed by atoms with E-state index < -0.39 is 26.8 Å². The molecule has 1 aromatic heterocycles. The SMILES string of the molecule is CC(Cn1cccn1)NS(=O)(=O)c1ccc(N)cc1F. The summed E-state index contributed by atoms with van der Waals surface area (Å²) in [5.41, 5.74) is 5.57. The number of hydrogen-bond donors (Lipinski definition) is 2. The molecule has 2 rings (SSSR count). The fourth-order valence-corrected chi connectivity index (χ4v) is 3.08. The van der Waals surface area contributed by atoms with E-state index in [0.29, 0.717) is 6.54 Å². The van der Waals surface area contributed by atoms with Crippen LogP contribution in [0, 0.1) is 5.82 Å². The molecular weight excluding hydrogens is 283 g/mol. The third-order valence-electron chi connectivity index (χ3n) is 2.62. The maximum Gasteiger partial charge on any atom is 0.243 e. The molecule has 6 nitrogen and oxygen atoms in total. The maximum absolute atomic E-state index is 13.7. The average Bonchev–Trinajstić information content (AvgIpc) is 2.79. The normalized spacial score (nSPS) is 13.3. The van der Waals surface area contributed by atoms with Crippen molar-refractivity contribution in [1.29, 1.82) is 0 Å². The summed E-state index contributed by atoms with van der Waals surface area (Å²) in [6, 6.07) is 4.77. The van der Waals surface area contributed by atoms with Crippen LogP contribution in [0.4, 0.5) is 10.1 Å². The highest BCUT2D eigenvalue weighted by Gasteiger charge is 2.21. The van der Waals surface area contributed by atoms with E-state index in [2.05, 4.69) is 9.82 Å². The zero-order valence-electron chi connectivity index (χ0n) is 10.8. The summed E-state index contributed by atoms with van der Waals surface area (Å²) in [7, 11) is -3.93. The van der Waals surface area contributed by atoms with Gasteiger partial charge in [0.05, 0.1) is 6.54 Å². The minimum Gasteiger partial charge on any atom is -0.399 e. The number of aromatic nitrogens is 2. The van der Waals surface area contributed by atoms with Crippen molar-refractivity contribution in [3.05, 3.63) is 42.5 Å². The zero-order chi connectivity index (χ0) is 14.8. The number of halogens is 1. The van der Waals surface area contributed by atoms with Crippen molar-refractivity contribution in [2.45, 2.75) is 24.4 Å². The second-order valence-corrected chi connectivity index (χ2v) is 6.12. The molecule has 1 unspecified atom stereocenters. The Labute approximate surface area is 116 Å². The molecule has 1 heterocycles. The number of sulfonamides is 1. The highest BCUT2D eigenvalue weighted by Crippen LogP contribution is 2.17. The van der Waals surface area contributed by atoms with E-state index in [1.807, 2.05) is 0 Å². The van der Waals surface area contributed by atoms with Crippen LogP contribution in [0.3, 0.4) is 0 Å². The Hall–Kier alpha value is -1.93. The summed E-state index contributed by atoms with van der Waals surface area (Å²) in [5, 5.41) is 3.98. The molecule has 0 aliphatic rings. The molecule has 1 atom stereocenters. The van der Waals surface area contributed by atoms with E-state index in [1.54, 1.807) is 30.1 Å². The molecule has 0 amide bonds. The van der Waals surface area contributed by atoms with Crippen LogP contribution in [-0.4, -0.2) is 24.2 Å². The van der Waals surface area contributed by atoms with Crippen molar-refractivity contribution in [3.8, 4) is 0 Å². The lowest BCUT2D eigenvalue weighted by Gasteiger charge is -2.14. The second kappa shape index (κ2) is 5.59. The van der Waals surface area contributed by atoms with Crippen LogP contribution >= 0.6 is 0 Å². The topological polar surface area (TPSA) is 90.0 Å². The molecule has 0 radical (unpaired) electrons. The molecule has 0 fully saturated rings. The summed E-state index contributed by atoms with van der Waals surface area (Å²) in [4.78, 5) is -0.418. The number of hydrogen-bond acceptors (Lipinski definition) is 4. The molecule has 0 aliphatic heterocycles. The molecule has 20 heavy (non-hydrogen) atoms. The van der Waals surface area contributed by atoms with Crippen LogP contribution in [0.2, 0.25) is 0 Å². The van der Waals surface area contributed by atoms with Crippen molar-refractivity contribution in [2.75, 3.05) is 5.73 Å². The summed E-state index contributed by atoms with van der Waals surface area (Å²) in [6.45, 7) is 2.03. The summed E-state index contributed by atoms with van der Waals surface area (Å²) in [5.74, 6) is -0.871. The first-order valence-corrected chi connectivity index (χ1v) is 7.41. The second-order valence-electron chi connectivity index (χ2n) is 4.44. The Morgan fingerprint density at radius 2 is 2.25 bits per heavy atom. The van der Waals surface area contributed by atoms with Crippen molar-refractivity contribution in [1.82, 2.24) is 14.5 Å². The Balaban J connectivity index is 2.14. The fraction of sp³-hybridized carbons (Fsp3) is 0.250. The quantitative estimate of drug-likeness (QED) is 0.805. The Morgan fingerprint density at radius 3 is 2.85 bits per heavy atom. The van der Waals surface area contributed by atoms with Gasteiger partial charge in [0.25, 0.3) is 0 Å². The van der Waals surface area contributed by atoms with Gasteiger partial charge in [-0.05, 0) is 31.2 Å². The maximum atomic E-state index is 13.7. The highest BCUT2D eigenvalue weighted by molar-refractivity contribution is 7.89. The lowest BCUT2D eigenvalue weighted by atomic mass is 10.3. The van der Waals surface area contributed by atoms with Crippen molar-refractivity contribution < 1.29 is 12.8 Å². The largest absolute Gasteiger partial charge is 0.399 e. The van der Waals surface area contributed by atoms with Gasteiger partial charge < -0.3 is 5.73 Å². The first-order valence-electron chi connectivity index (χ1n) is 5.93. The van der Waals surface area contributed by atoms with Crippen molar-refractivity contribution in [2.24, 2.45) is 0 Å². The van der Waals surface area contributed by atoms with Crippen LogP contribution < -0.4 is 10.5 Å². The van der Waals surface area contributed by atoms with Gasteiger partial charge in [0.15, 0.2) is 0 Å². The molecule has 108 valence electrons. The van der Waals surface area contributed by atoms with Gasteiger partial charge in [0.2, 0.25) is 10.0 Å². The van der Waals surface area contributed by atoms with Crippen molar-refractivity contribution >= 4 is 15.7 Å². The Bertz CT molecular complexity index is 685. The minimum atomic E-state index is -3.93. The Kier molecular flexibility index (Phi) is 4.05. The number of nitrogens with two attached hydrogens (primary N) is 1. The molecule has 2 aromatic rings. The third-order valence-corrected chi connectivity index (χ3v) is 4.24. The van der Waals surface area contributed by atoms with E-state index >= 15 is 0 Å². The molecular formula is C12H15FN4O2S. The predicted octanol–water partition coefficient (Wildman–Crippen LogP) is 0.971. The molecule has 0 bridgehead atoms. The van der Waals surface area contributed by atoms with E-state index in [0.717, 1.165) is 12.1 Å². The van der Waals surface area contributed by atoms with Crippen LogP contribution in [0.1, 0.15) is 6.92 Å². The number of nitrogens with one attached hydrogen (secondary N) is 1. The standard InChI is InChI=1S/C12H15FN4O2S/c1-9(8-17-6-2-5-15-17)16-20(18,19)12-4-3-10(14)7-11(12)13/h2-7,9,16H,8,14H2,1H3. The van der Waals surface area contributed by atoms with Gasteiger partial charge in [0, 0.05) is 24.1 Å². The fourth-order valence-electron chi connectivity index (χ4n) is 1.79. The molecule has 3 N–H and O–H groups in total.